The van der Waals surface area contributed by atoms with Crippen LogP contribution in [0.5, 0.6) is 0 Å². The standard InChI is InChI=1S/C16H19N5O/c22-16(17-15-19-18-13-3-1-2-8-20(13)15)21-9-12(10-4-5-10)14(21)11-6-7-11/h1-3,8,10-12,14H,4-7,9H2,(H,17,19,22). The zero-order valence-electron chi connectivity index (χ0n) is 12.4. The van der Waals surface area contributed by atoms with Gasteiger partial charge in [0.25, 0.3) is 0 Å². The van der Waals surface area contributed by atoms with Gasteiger partial charge in [0, 0.05) is 24.7 Å². The normalized spacial score (nSPS) is 27.7. The van der Waals surface area contributed by atoms with Gasteiger partial charge in [0.1, 0.15) is 0 Å². The molecule has 1 N–H and O–H groups in total. The molecule has 2 amide bonds. The van der Waals surface area contributed by atoms with Gasteiger partial charge in [-0.05, 0) is 49.7 Å². The number of hydrogen-bond donors (Lipinski definition) is 1. The second-order valence-corrected chi connectivity index (χ2v) is 6.86. The highest BCUT2D eigenvalue weighted by molar-refractivity contribution is 5.88. The molecule has 2 aromatic rings. The van der Waals surface area contributed by atoms with Crippen molar-refractivity contribution in [2.45, 2.75) is 31.7 Å². The Bertz CT molecular complexity index is 733. The Balaban J connectivity index is 1.34. The summed E-state index contributed by atoms with van der Waals surface area (Å²) in [6, 6.07) is 6.14. The van der Waals surface area contributed by atoms with Crippen LogP contribution < -0.4 is 5.32 Å². The lowest BCUT2D eigenvalue weighted by Gasteiger charge is -2.48. The number of carbonyl (C=O) groups excluding carboxylic acids is 1. The van der Waals surface area contributed by atoms with Gasteiger partial charge in [-0.25, -0.2) is 4.79 Å². The zero-order valence-corrected chi connectivity index (χ0v) is 12.4. The minimum atomic E-state index is -0.0213. The van der Waals surface area contributed by atoms with Crippen molar-refractivity contribution in [2.75, 3.05) is 11.9 Å². The van der Waals surface area contributed by atoms with Crippen LogP contribution in [0.25, 0.3) is 5.65 Å². The van der Waals surface area contributed by atoms with Gasteiger partial charge in [0.2, 0.25) is 5.95 Å². The zero-order chi connectivity index (χ0) is 14.7. The molecule has 2 atom stereocenters. The van der Waals surface area contributed by atoms with Crippen LogP contribution in [0, 0.1) is 17.8 Å². The molecule has 0 spiro atoms. The first kappa shape index (κ1) is 12.4. The van der Waals surface area contributed by atoms with Gasteiger partial charge < -0.3 is 4.90 Å². The average molecular weight is 297 g/mol. The largest absolute Gasteiger partial charge is 0.324 e. The van der Waals surface area contributed by atoms with Crippen molar-refractivity contribution in [3.8, 4) is 0 Å². The summed E-state index contributed by atoms with van der Waals surface area (Å²) >= 11 is 0. The van der Waals surface area contributed by atoms with Gasteiger partial charge in [-0.1, -0.05) is 6.07 Å². The predicted octanol–water partition coefficient (Wildman–Crippen LogP) is 2.38. The molecule has 6 heteroatoms. The Morgan fingerprint density at radius 2 is 1.95 bits per heavy atom. The van der Waals surface area contributed by atoms with Crippen LogP contribution in [0.2, 0.25) is 0 Å². The maximum absolute atomic E-state index is 12.6. The van der Waals surface area contributed by atoms with Gasteiger partial charge in [-0.15, -0.1) is 10.2 Å². The summed E-state index contributed by atoms with van der Waals surface area (Å²) in [5, 5.41) is 11.1. The van der Waals surface area contributed by atoms with Crippen LogP contribution in [0.1, 0.15) is 25.7 Å². The fourth-order valence-corrected chi connectivity index (χ4v) is 3.86. The quantitative estimate of drug-likeness (QED) is 0.946. The highest BCUT2D eigenvalue weighted by Crippen LogP contribution is 2.52. The van der Waals surface area contributed by atoms with E-state index in [4.69, 9.17) is 0 Å². The lowest BCUT2D eigenvalue weighted by Crippen LogP contribution is -2.61. The molecule has 0 radical (unpaired) electrons. The summed E-state index contributed by atoms with van der Waals surface area (Å²) in [6.45, 7) is 0.911. The van der Waals surface area contributed by atoms with Gasteiger partial charge in [-0.2, -0.15) is 0 Å². The van der Waals surface area contributed by atoms with E-state index in [1.807, 2.05) is 33.7 Å². The molecule has 2 saturated carbocycles. The molecule has 0 aromatic carbocycles. The third kappa shape index (κ3) is 1.90. The van der Waals surface area contributed by atoms with Gasteiger partial charge in [-0.3, -0.25) is 9.72 Å². The number of anilines is 1. The first-order valence-corrected chi connectivity index (χ1v) is 8.18. The first-order chi connectivity index (χ1) is 10.8. The van der Waals surface area contributed by atoms with E-state index in [9.17, 15) is 4.79 Å². The van der Waals surface area contributed by atoms with E-state index < -0.39 is 0 Å². The third-order valence-electron chi connectivity index (χ3n) is 5.33. The number of urea groups is 1. The molecule has 22 heavy (non-hydrogen) atoms. The van der Waals surface area contributed by atoms with Crippen molar-refractivity contribution in [1.82, 2.24) is 19.5 Å². The van der Waals surface area contributed by atoms with Gasteiger partial charge >= 0.3 is 6.03 Å². The Kier molecular flexibility index (Phi) is 2.51. The maximum Gasteiger partial charge on any atom is 0.324 e. The molecular formula is C16H19N5O. The third-order valence-corrected chi connectivity index (χ3v) is 5.33. The Morgan fingerprint density at radius 3 is 2.73 bits per heavy atom. The van der Waals surface area contributed by atoms with Crippen molar-refractivity contribution in [3.05, 3.63) is 24.4 Å². The summed E-state index contributed by atoms with van der Waals surface area (Å²) in [5.41, 5.74) is 0.746. The SMILES string of the molecule is O=C(Nc1nnc2ccccn12)N1CC(C2CC2)C1C1CC1. The number of nitrogens with one attached hydrogen (secondary N) is 1. The number of likely N-dealkylation sites (tertiary alicyclic amines) is 1. The molecule has 3 aliphatic rings. The fourth-order valence-electron chi connectivity index (χ4n) is 3.86. The molecule has 0 bridgehead atoms. The van der Waals surface area contributed by atoms with E-state index in [0.29, 0.717) is 12.0 Å². The van der Waals surface area contributed by atoms with Crippen LogP contribution in [0.4, 0.5) is 10.7 Å². The highest BCUT2D eigenvalue weighted by Gasteiger charge is 2.54. The number of nitrogens with zero attached hydrogens (tertiary/aromatic N) is 4. The summed E-state index contributed by atoms with van der Waals surface area (Å²) in [4.78, 5) is 14.6. The van der Waals surface area contributed by atoms with Gasteiger partial charge in [0.15, 0.2) is 5.65 Å². The topological polar surface area (TPSA) is 62.5 Å². The maximum atomic E-state index is 12.6. The van der Waals surface area contributed by atoms with Crippen molar-refractivity contribution in [2.24, 2.45) is 17.8 Å². The van der Waals surface area contributed by atoms with E-state index >= 15 is 0 Å². The smallest absolute Gasteiger partial charge is 0.320 e. The molecule has 3 heterocycles. The van der Waals surface area contributed by atoms with Crippen LogP contribution >= 0.6 is 0 Å². The van der Waals surface area contributed by atoms with Crippen LogP contribution in [-0.4, -0.2) is 38.1 Å². The highest BCUT2D eigenvalue weighted by atomic mass is 16.2. The first-order valence-electron chi connectivity index (χ1n) is 8.18. The second-order valence-electron chi connectivity index (χ2n) is 6.86. The number of amides is 2. The summed E-state index contributed by atoms with van der Waals surface area (Å²) in [7, 11) is 0. The minimum absolute atomic E-state index is 0.0213. The Hall–Kier alpha value is -2.11. The second kappa shape index (κ2) is 4.44. The molecule has 3 fully saturated rings. The lowest BCUT2D eigenvalue weighted by atomic mass is 9.81. The van der Waals surface area contributed by atoms with E-state index in [0.717, 1.165) is 29.9 Å². The molecule has 5 rings (SSSR count). The summed E-state index contributed by atoms with van der Waals surface area (Å²) in [6.07, 6.45) is 7.15. The van der Waals surface area contributed by atoms with Crippen molar-refractivity contribution < 1.29 is 4.79 Å². The lowest BCUT2D eigenvalue weighted by molar-refractivity contribution is 0.0289. The van der Waals surface area contributed by atoms with Crippen LogP contribution in [0.3, 0.4) is 0 Å². The van der Waals surface area contributed by atoms with E-state index in [2.05, 4.69) is 15.5 Å². The average Bonchev–Trinajstić information content (AvgIpc) is 3.40. The van der Waals surface area contributed by atoms with Crippen LogP contribution in [-0.2, 0) is 0 Å². The number of rotatable bonds is 3. The van der Waals surface area contributed by atoms with E-state index in [-0.39, 0.29) is 6.03 Å². The van der Waals surface area contributed by atoms with Crippen molar-refractivity contribution in [3.63, 3.8) is 0 Å². The Morgan fingerprint density at radius 1 is 1.14 bits per heavy atom. The van der Waals surface area contributed by atoms with Gasteiger partial charge in [0.05, 0.1) is 0 Å². The Labute approximate surface area is 128 Å². The molecule has 114 valence electrons. The van der Waals surface area contributed by atoms with E-state index in [1.165, 1.54) is 25.7 Å². The van der Waals surface area contributed by atoms with E-state index in [1.54, 1.807) is 0 Å². The fraction of sp³-hybridized carbons (Fsp3) is 0.562. The molecule has 6 nitrogen and oxygen atoms in total. The molecule has 1 aliphatic heterocycles. The molecule has 2 aliphatic carbocycles. The predicted molar refractivity (Wildman–Crippen MR) is 81.4 cm³/mol. The number of pyridine rings is 1. The van der Waals surface area contributed by atoms with Crippen molar-refractivity contribution >= 4 is 17.6 Å². The van der Waals surface area contributed by atoms with Crippen LogP contribution in [0.15, 0.2) is 24.4 Å². The molecule has 2 aromatic heterocycles. The molecule has 1 saturated heterocycles. The number of aromatic nitrogens is 3. The summed E-state index contributed by atoms with van der Waals surface area (Å²) < 4.78 is 1.81. The number of carbonyl (C=O) groups is 1. The molecular weight excluding hydrogens is 278 g/mol. The summed E-state index contributed by atoms with van der Waals surface area (Å²) in [5.74, 6) is 2.86. The molecule has 2 unspecified atom stereocenters. The number of fused-ring (bicyclic) bond motifs is 1. The minimum Gasteiger partial charge on any atom is -0.320 e. The number of hydrogen-bond acceptors (Lipinski definition) is 3. The monoisotopic (exact) mass is 297 g/mol. The van der Waals surface area contributed by atoms with Crippen molar-refractivity contribution in [1.29, 1.82) is 0 Å².